The average Bonchev–Trinajstić information content (AvgIpc) is 3.08. The first-order valence-corrected chi connectivity index (χ1v) is 8.73. The Bertz CT molecular complexity index is 926. The van der Waals surface area contributed by atoms with Crippen LogP contribution in [0.25, 0.3) is 11.4 Å². The van der Waals surface area contributed by atoms with E-state index in [0.29, 0.717) is 35.5 Å². The number of hydrogen-bond donors (Lipinski definition) is 2. The third-order valence-corrected chi connectivity index (χ3v) is 4.23. The number of nitrogens with two attached hydrogens (primary N) is 1. The first kappa shape index (κ1) is 17.9. The molecule has 0 radical (unpaired) electrons. The van der Waals surface area contributed by atoms with Crippen molar-refractivity contribution in [2.24, 2.45) is 0 Å². The van der Waals surface area contributed by atoms with E-state index in [9.17, 15) is 9.90 Å². The first-order chi connectivity index (χ1) is 12.5. The van der Waals surface area contributed by atoms with Gasteiger partial charge in [0.1, 0.15) is 17.6 Å². The van der Waals surface area contributed by atoms with Gasteiger partial charge in [-0.3, -0.25) is 0 Å². The summed E-state index contributed by atoms with van der Waals surface area (Å²) in [5.74, 6) is 0.0525. The summed E-state index contributed by atoms with van der Waals surface area (Å²) in [4.78, 5) is 11.3. The molecule has 26 heavy (non-hydrogen) atoms. The zero-order valence-corrected chi connectivity index (χ0v) is 15.4. The van der Waals surface area contributed by atoms with Crippen molar-refractivity contribution in [2.75, 3.05) is 12.3 Å². The van der Waals surface area contributed by atoms with E-state index in [1.165, 1.54) is 6.07 Å². The number of rotatable bonds is 7. The van der Waals surface area contributed by atoms with Crippen LogP contribution in [-0.4, -0.2) is 32.4 Å². The second-order valence-corrected chi connectivity index (χ2v) is 6.54. The highest BCUT2D eigenvalue weighted by molar-refractivity contribution is 9.10. The largest absolute Gasteiger partial charge is 0.493 e. The number of hydrogen-bond acceptors (Lipinski definition) is 5. The number of nitrogens with zero attached hydrogens (tertiary/aromatic N) is 3. The molecule has 134 valence electrons. The lowest BCUT2D eigenvalue weighted by atomic mass is 10.2. The maximum absolute atomic E-state index is 11.3. The van der Waals surface area contributed by atoms with Gasteiger partial charge in [-0.2, -0.15) is 0 Å². The molecule has 0 aliphatic heterocycles. The van der Waals surface area contributed by atoms with Gasteiger partial charge < -0.3 is 20.1 Å². The molecule has 0 saturated heterocycles. The molecule has 3 aromatic rings. The summed E-state index contributed by atoms with van der Waals surface area (Å²) in [6.07, 6.45) is 2.32. The second-order valence-electron chi connectivity index (χ2n) is 5.62. The molecule has 0 aliphatic rings. The lowest BCUT2D eigenvalue weighted by Gasteiger charge is -2.11. The minimum atomic E-state index is -1.02. The Balaban J connectivity index is 1.62. The quantitative estimate of drug-likeness (QED) is 0.451. The molecule has 0 spiro atoms. The van der Waals surface area contributed by atoms with E-state index in [4.69, 9.17) is 10.5 Å². The summed E-state index contributed by atoms with van der Waals surface area (Å²) >= 11 is 3.26. The minimum Gasteiger partial charge on any atom is -0.493 e. The smallest absolute Gasteiger partial charge is 0.339 e. The molecule has 0 amide bonds. The third kappa shape index (κ3) is 4.20. The van der Waals surface area contributed by atoms with Crippen LogP contribution < -0.4 is 10.5 Å². The molecule has 3 rings (SSSR count). The summed E-state index contributed by atoms with van der Waals surface area (Å²) in [5.41, 5.74) is 7.51. The van der Waals surface area contributed by atoms with E-state index in [2.05, 4.69) is 26.1 Å². The van der Waals surface area contributed by atoms with E-state index >= 15 is 0 Å². The zero-order valence-electron chi connectivity index (χ0n) is 13.8. The molecule has 0 atom stereocenters. The van der Waals surface area contributed by atoms with Crippen molar-refractivity contribution in [1.82, 2.24) is 14.8 Å². The van der Waals surface area contributed by atoms with Crippen molar-refractivity contribution in [2.45, 2.75) is 13.0 Å². The predicted molar refractivity (Wildman–Crippen MR) is 101 cm³/mol. The van der Waals surface area contributed by atoms with E-state index in [1.807, 2.05) is 28.8 Å². The van der Waals surface area contributed by atoms with E-state index in [0.717, 1.165) is 11.4 Å². The molecule has 7 nitrogen and oxygen atoms in total. The van der Waals surface area contributed by atoms with Gasteiger partial charge >= 0.3 is 5.97 Å². The molecule has 2 aromatic carbocycles. The van der Waals surface area contributed by atoms with Crippen LogP contribution >= 0.6 is 15.9 Å². The topological polar surface area (TPSA) is 103 Å². The van der Waals surface area contributed by atoms with Crippen LogP contribution in [0.5, 0.6) is 5.75 Å². The third-order valence-electron chi connectivity index (χ3n) is 3.73. The van der Waals surface area contributed by atoms with Gasteiger partial charge in [0.05, 0.1) is 6.61 Å². The van der Waals surface area contributed by atoms with Crippen molar-refractivity contribution in [3.05, 3.63) is 58.8 Å². The zero-order chi connectivity index (χ0) is 18.5. The van der Waals surface area contributed by atoms with Crippen LogP contribution in [0.2, 0.25) is 0 Å². The Morgan fingerprint density at radius 3 is 2.88 bits per heavy atom. The fraction of sp³-hybridized carbons (Fsp3) is 0.167. The minimum absolute atomic E-state index is 0.129. The number of carboxylic acid groups (broad SMARTS) is 1. The van der Waals surface area contributed by atoms with Gasteiger partial charge in [0.2, 0.25) is 0 Å². The van der Waals surface area contributed by atoms with Crippen molar-refractivity contribution in [1.29, 1.82) is 0 Å². The van der Waals surface area contributed by atoms with E-state index in [1.54, 1.807) is 18.5 Å². The van der Waals surface area contributed by atoms with Gasteiger partial charge in [-0.1, -0.05) is 28.1 Å². The maximum atomic E-state index is 11.3. The number of anilines is 1. The number of benzene rings is 2. The number of ether oxygens (including phenoxy) is 1. The fourth-order valence-electron chi connectivity index (χ4n) is 2.53. The molecular formula is C18H17BrN4O3. The highest BCUT2D eigenvalue weighted by atomic mass is 79.9. The number of carboxylic acids is 1. The summed E-state index contributed by atoms with van der Waals surface area (Å²) < 4.78 is 8.25. The fourth-order valence-corrected chi connectivity index (χ4v) is 2.89. The lowest BCUT2D eigenvalue weighted by Crippen LogP contribution is -2.08. The van der Waals surface area contributed by atoms with Crippen LogP contribution in [-0.2, 0) is 6.54 Å². The standard InChI is InChI=1S/C18H17BrN4O3/c19-13-5-6-16(15(10-13)18(24)25)26-8-2-7-23-11-21-22-17(23)12-3-1-4-14(20)9-12/h1,3-6,9-11H,2,7-8,20H2,(H,24,25). The average molecular weight is 417 g/mol. The molecule has 0 aliphatic carbocycles. The Kier molecular flexibility index (Phi) is 5.52. The van der Waals surface area contributed by atoms with Crippen LogP contribution in [0, 0.1) is 0 Å². The Hall–Kier alpha value is -2.87. The normalized spacial score (nSPS) is 10.7. The van der Waals surface area contributed by atoms with Gasteiger partial charge in [0.15, 0.2) is 5.82 Å². The number of aromatic nitrogens is 3. The Labute approximate surface area is 158 Å². The SMILES string of the molecule is Nc1cccc(-c2nncn2CCCOc2ccc(Br)cc2C(=O)O)c1. The number of halogens is 1. The van der Waals surface area contributed by atoms with E-state index < -0.39 is 5.97 Å². The molecule has 0 saturated carbocycles. The van der Waals surface area contributed by atoms with E-state index in [-0.39, 0.29) is 5.56 Å². The number of aryl methyl sites for hydroxylation is 1. The summed E-state index contributed by atoms with van der Waals surface area (Å²) in [6.45, 7) is 1.01. The van der Waals surface area contributed by atoms with Crippen molar-refractivity contribution in [3.8, 4) is 17.1 Å². The summed E-state index contributed by atoms with van der Waals surface area (Å²) in [7, 11) is 0. The summed E-state index contributed by atoms with van der Waals surface area (Å²) in [6, 6.07) is 12.4. The highest BCUT2D eigenvalue weighted by Crippen LogP contribution is 2.24. The molecule has 3 N–H and O–H groups in total. The predicted octanol–water partition coefficient (Wildman–Crippen LogP) is 3.46. The monoisotopic (exact) mass is 416 g/mol. The molecule has 1 aromatic heterocycles. The molecule has 0 bridgehead atoms. The summed E-state index contributed by atoms with van der Waals surface area (Å²) in [5, 5.41) is 17.4. The molecule has 0 fully saturated rings. The first-order valence-electron chi connectivity index (χ1n) is 7.94. The van der Waals surface area contributed by atoms with Crippen molar-refractivity contribution >= 4 is 27.6 Å². The highest BCUT2D eigenvalue weighted by Gasteiger charge is 2.12. The number of carbonyl (C=O) groups is 1. The van der Waals surface area contributed by atoms with Crippen LogP contribution in [0.1, 0.15) is 16.8 Å². The molecule has 1 heterocycles. The van der Waals surface area contributed by atoms with Gasteiger partial charge in [-0.15, -0.1) is 10.2 Å². The number of nitrogen functional groups attached to an aromatic ring is 1. The van der Waals surface area contributed by atoms with Gasteiger partial charge in [-0.05, 0) is 36.8 Å². The van der Waals surface area contributed by atoms with Crippen LogP contribution in [0.4, 0.5) is 5.69 Å². The van der Waals surface area contributed by atoms with Crippen LogP contribution in [0.3, 0.4) is 0 Å². The van der Waals surface area contributed by atoms with Crippen LogP contribution in [0.15, 0.2) is 53.3 Å². The van der Waals surface area contributed by atoms with Gasteiger partial charge in [-0.25, -0.2) is 4.79 Å². The van der Waals surface area contributed by atoms with Crippen molar-refractivity contribution < 1.29 is 14.6 Å². The number of aromatic carboxylic acids is 1. The molecular weight excluding hydrogens is 400 g/mol. The second kappa shape index (κ2) is 8.01. The van der Waals surface area contributed by atoms with Gasteiger partial charge in [0.25, 0.3) is 0 Å². The van der Waals surface area contributed by atoms with Gasteiger partial charge in [0, 0.05) is 22.3 Å². The lowest BCUT2D eigenvalue weighted by molar-refractivity contribution is 0.0692. The Morgan fingerprint density at radius 1 is 1.27 bits per heavy atom. The maximum Gasteiger partial charge on any atom is 0.339 e. The molecule has 0 unspecified atom stereocenters. The Morgan fingerprint density at radius 2 is 2.12 bits per heavy atom. The molecule has 8 heteroatoms. The van der Waals surface area contributed by atoms with Crippen molar-refractivity contribution in [3.63, 3.8) is 0 Å².